The summed E-state index contributed by atoms with van der Waals surface area (Å²) < 4.78 is 4.99. The molecule has 0 saturated heterocycles. The summed E-state index contributed by atoms with van der Waals surface area (Å²) in [6.45, 7) is 1.73. The average Bonchev–Trinajstić information content (AvgIpc) is 3.08. The molecule has 1 aliphatic carbocycles. The van der Waals surface area contributed by atoms with Crippen molar-refractivity contribution in [3.8, 4) is 11.3 Å². The van der Waals surface area contributed by atoms with Gasteiger partial charge in [-0.25, -0.2) is 4.98 Å². The van der Waals surface area contributed by atoms with Crippen LogP contribution in [0.2, 0.25) is 0 Å². The molecule has 1 fully saturated rings. The zero-order valence-corrected chi connectivity index (χ0v) is 12.9. The molecule has 1 saturated carbocycles. The fraction of sp³-hybridized carbons (Fsp3) is 0.312. The lowest BCUT2D eigenvalue weighted by atomic mass is 10.2. The SMILES string of the molecule is CC1CC1C(=O)OCC(=O)Nc1nc(-c2ccccc2)cs1. The number of benzene rings is 1. The Morgan fingerprint density at radius 2 is 2.09 bits per heavy atom. The molecule has 6 heteroatoms. The molecule has 1 aromatic carbocycles. The van der Waals surface area contributed by atoms with Gasteiger partial charge in [0.25, 0.3) is 5.91 Å². The van der Waals surface area contributed by atoms with Gasteiger partial charge in [0.05, 0.1) is 11.6 Å². The number of carbonyl (C=O) groups is 2. The number of nitrogens with one attached hydrogen (secondary N) is 1. The van der Waals surface area contributed by atoms with Gasteiger partial charge in [-0.2, -0.15) is 0 Å². The Hall–Kier alpha value is -2.21. The molecule has 5 nitrogen and oxygen atoms in total. The number of amides is 1. The van der Waals surface area contributed by atoms with Crippen LogP contribution >= 0.6 is 11.3 Å². The first-order chi connectivity index (χ1) is 10.6. The van der Waals surface area contributed by atoms with E-state index in [-0.39, 0.29) is 24.4 Å². The van der Waals surface area contributed by atoms with Crippen LogP contribution < -0.4 is 5.32 Å². The third-order valence-corrected chi connectivity index (χ3v) is 4.34. The van der Waals surface area contributed by atoms with Gasteiger partial charge in [0.1, 0.15) is 0 Å². The molecule has 1 heterocycles. The van der Waals surface area contributed by atoms with Crippen molar-refractivity contribution in [3.05, 3.63) is 35.7 Å². The molecular weight excluding hydrogens is 300 g/mol. The van der Waals surface area contributed by atoms with Crippen LogP contribution in [0.5, 0.6) is 0 Å². The van der Waals surface area contributed by atoms with E-state index in [1.165, 1.54) is 11.3 Å². The van der Waals surface area contributed by atoms with E-state index in [9.17, 15) is 9.59 Å². The number of ether oxygens (including phenoxy) is 1. The highest BCUT2D eigenvalue weighted by Crippen LogP contribution is 2.38. The lowest BCUT2D eigenvalue weighted by molar-refractivity contribution is -0.148. The van der Waals surface area contributed by atoms with Gasteiger partial charge in [-0.3, -0.25) is 14.9 Å². The number of thiazole rings is 1. The Kier molecular flexibility index (Phi) is 4.20. The smallest absolute Gasteiger partial charge is 0.309 e. The lowest BCUT2D eigenvalue weighted by Crippen LogP contribution is -2.21. The summed E-state index contributed by atoms with van der Waals surface area (Å²) in [6.07, 6.45) is 0.855. The quantitative estimate of drug-likeness (QED) is 0.861. The Balaban J connectivity index is 1.52. The van der Waals surface area contributed by atoms with E-state index < -0.39 is 0 Å². The second-order valence-electron chi connectivity index (χ2n) is 5.38. The third kappa shape index (κ3) is 3.51. The van der Waals surface area contributed by atoms with Crippen molar-refractivity contribution in [2.45, 2.75) is 13.3 Å². The third-order valence-electron chi connectivity index (χ3n) is 3.58. The monoisotopic (exact) mass is 316 g/mol. The van der Waals surface area contributed by atoms with Crippen molar-refractivity contribution in [1.29, 1.82) is 0 Å². The molecule has 114 valence electrons. The minimum Gasteiger partial charge on any atom is -0.455 e. The van der Waals surface area contributed by atoms with Gasteiger partial charge in [-0.05, 0) is 12.3 Å². The number of nitrogens with zero attached hydrogens (tertiary/aromatic N) is 1. The summed E-state index contributed by atoms with van der Waals surface area (Å²) in [4.78, 5) is 27.7. The van der Waals surface area contributed by atoms with Gasteiger partial charge in [0, 0.05) is 10.9 Å². The van der Waals surface area contributed by atoms with Crippen molar-refractivity contribution in [1.82, 2.24) is 4.98 Å². The van der Waals surface area contributed by atoms with Crippen molar-refractivity contribution >= 4 is 28.3 Å². The molecule has 0 aliphatic heterocycles. The van der Waals surface area contributed by atoms with Crippen LogP contribution in [0.3, 0.4) is 0 Å². The number of aromatic nitrogens is 1. The molecule has 0 bridgehead atoms. The molecule has 1 amide bonds. The number of esters is 1. The van der Waals surface area contributed by atoms with Gasteiger partial charge >= 0.3 is 5.97 Å². The van der Waals surface area contributed by atoms with E-state index in [4.69, 9.17) is 4.74 Å². The maximum Gasteiger partial charge on any atom is 0.309 e. The van der Waals surface area contributed by atoms with Crippen molar-refractivity contribution < 1.29 is 14.3 Å². The Morgan fingerprint density at radius 3 is 2.77 bits per heavy atom. The number of hydrogen-bond acceptors (Lipinski definition) is 5. The van der Waals surface area contributed by atoms with E-state index in [2.05, 4.69) is 10.3 Å². The van der Waals surface area contributed by atoms with Gasteiger partial charge in [-0.1, -0.05) is 37.3 Å². The molecule has 2 unspecified atom stereocenters. The largest absolute Gasteiger partial charge is 0.455 e. The zero-order chi connectivity index (χ0) is 15.5. The second kappa shape index (κ2) is 6.27. The molecule has 1 aromatic heterocycles. The fourth-order valence-electron chi connectivity index (χ4n) is 2.12. The number of anilines is 1. The molecule has 2 atom stereocenters. The topological polar surface area (TPSA) is 68.3 Å². The maximum absolute atomic E-state index is 11.8. The first-order valence-electron chi connectivity index (χ1n) is 7.11. The number of rotatable bonds is 5. The van der Waals surface area contributed by atoms with Gasteiger partial charge in [0.15, 0.2) is 11.7 Å². The minimum atomic E-state index is -0.365. The number of hydrogen-bond donors (Lipinski definition) is 1. The molecule has 2 aromatic rings. The normalized spacial score (nSPS) is 19.5. The standard InChI is InChI=1S/C16H16N2O3S/c1-10-7-12(10)15(20)21-8-14(19)18-16-17-13(9-22-16)11-5-3-2-4-6-11/h2-6,9-10,12H,7-8H2,1H3,(H,17,18,19). The lowest BCUT2D eigenvalue weighted by Gasteiger charge is -2.03. The summed E-state index contributed by atoms with van der Waals surface area (Å²) >= 11 is 1.34. The highest BCUT2D eigenvalue weighted by molar-refractivity contribution is 7.14. The van der Waals surface area contributed by atoms with E-state index in [0.29, 0.717) is 11.0 Å². The summed E-state index contributed by atoms with van der Waals surface area (Å²) in [7, 11) is 0. The van der Waals surface area contributed by atoms with Crippen LogP contribution in [-0.4, -0.2) is 23.5 Å². The average molecular weight is 316 g/mol. The van der Waals surface area contributed by atoms with Crippen LogP contribution in [0.25, 0.3) is 11.3 Å². The predicted molar refractivity (Wildman–Crippen MR) is 84.4 cm³/mol. The van der Waals surface area contributed by atoms with Crippen LogP contribution in [0.4, 0.5) is 5.13 Å². The van der Waals surface area contributed by atoms with Gasteiger partial charge in [0.2, 0.25) is 0 Å². The Morgan fingerprint density at radius 1 is 1.36 bits per heavy atom. The second-order valence-corrected chi connectivity index (χ2v) is 6.24. The van der Waals surface area contributed by atoms with Crippen molar-refractivity contribution in [2.75, 3.05) is 11.9 Å². The van der Waals surface area contributed by atoms with Crippen LogP contribution in [-0.2, 0) is 14.3 Å². The summed E-state index contributed by atoms with van der Waals surface area (Å²) in [6, 6.07) is 9.72. The fourth-order valence-corrected chi connectivity index (χ4v) is 2.86. The number of carbonyl (C=O) groups excluding carboxylic acids is 2. The summed E-state index contributed by atoms with van der Waals surface area (Å²) in [5, 5.41) is 5.03. The first kappa shape index (κ1) is 14.7. The highest BCUT2D eigenvalue weighted by atomic mass is 32.1. The van der Waals surface area contributed by atoms with Crippen LogP contribution in [0.1, 0.15) is 13.3 Å². The van der Waals surface area contributed by atoms with Crippen LogP contribution in [0.15, 0.2) is 35.7 Å². The van der Waals surface area contributed by atoms with E-state index >= 15 is 0 Å². The molecule has 1 N–H and O–H groups in total. The molecule has 22 heavy (non-hydrogen) atoms. The van der Waals surface area contributed by atoms with Crippen LogP contribution in [0, 0.1) is 11.8 Å². The Bertz CT molecular complexity index is 684. The minimum absolute atomic E-state index is 0.0302. The molecule has 3 rings (SSSR count). The Labute approximate surface area is 132 Å². The van der Waals surface area contributed by atoms with E-state index in [1.54, 1.807) is 0 Å². The highest BCUT2D eigenvalue weighted by Gasteiger charge is 2.40. The van der Waals surface area contributed by atoms with E-state index in [0.717, 1.165) is 17.7 Å². The first-order valence-corrected chi connectivity index (χ1v) is 7.99. The zero-order valence-electron chi connectivity index (χ0n) is 12.1. The van der Waals surface area contributed by atoms with E-state index in [1.807, 2.05) is 42.6 Å². The molecular formula is C16H16N2O3S. The van der Waals surface area contributed by atoms with Gasteiger partial charge < -0.3 is 4.74 Å². The summed E-state index contributed by atoms with van der Waals surface area (Å²) in [5.41, 5.74) is 1.80. The van der Waals surface area contributed by atoms with Crippen molar-refractivity contribution in [2.24, 2.45) is 11.8 Å². The van der Waals surface area contributed by atoms with Crippen molar-refractivity contribution in [3.63, 3.8) is 0 Å². The molecule has 1 aliphatic rings. The summed E-state index contributed by atoms with van der Waals surface area (Å²) in [5.74, 6) is -0.303. The predicted octanol–water partition coefficient (Wildman–Crippen LogP) is 2.95. The maximum atomic E-state index is 11.8. The molecule has 0 radical (unpaired) electrons. The van der Waals surface area contributed by atoms with Gasteiger partial charge in [-0.15, -0.1) is 11.3 Å². The molecule has 0 spiro atoms.